The molecule has 18 nitrogen and oxygen atoms in total. The van der Waals surface area contributed by atoms with E-state index >= 15 is 0 Å². The zero-order valence-corrected chi connectivity index (χ0v) is 34.6. The lowest BCUT2D eigenvalue weighted by molar-refractivity contribution is -0.889. The summed E-state index contributed by atoms with van der Waals surface area (Å²) in [6, 6.07) is 0. The topological polar surface area (TPSA) is 177 Å². The Labute approximate surface area is 335 Å². The van der Waals surface area contributed by atoms with Crippen molar-refractivity contribution in [1.82, 2.24) is 0 Å². The van der Waals surface area contributed by atoms with Gasteiger partial charge < -0.3 is 0 Å². The number of rotatable bonds is 53. The van der Waals surface area contributed by atoms with Gasteiger partial charge in [0.1, 0.15) is 0 Å². The normalized spacial score (nSPS) is 11.7. The average molecular weight is 823 g/mol. The van der Waals surface area contributed by atoms with E-state index in [1.807, 2.05) is 0 Å². The van der Waals surface area contributed by atoms with Gasteiger partial charge in [0.05, 0.1) is 6.61 Å². The second kappa shape index (κ2) is 54.3. The van der Waals surface area contributed by atoms with Crippen LogP contribution in [0.1, 0.15) is 238 Å². The molecule has 0 radical (unpaired) electrons. The van der Waals surface area contributed by atoms with Crippen molar-refractivity contribution in [3.8, 4) is 0 Å². The minimum atomic E-state index is 0.305. The van der Waals surface area contributed by atoms with Gasteiger partial charge in [-0.3, -0.25) is 0 Å². The van der Waals surface area contributed by atoms with Crippen molar-refractivity contribution in [2.45, 2.75) is 238 Å². The van der Waals surface area contributed by atoms with E-state index in [2.05, 4.69) is 87.5 Å². The fraction of sp³-hybridized carbons (Fsp3) is 1.00. The van der Waals surface area contributed by atoms with Crippen LogP contribution in [0, 0.1) is 0 Å². The minimum Gasteiger partial charge on any atom is -0.219 e. The van der Waals surface area contributed by atoms with Crippen LogP contribution in [0.4, 0.5) is 0 Å². The van der Waals surface area contributed by atoms with Crippen molar-refractivity contribution in [3.63, 3.8) is 0 Å². The standard InChI is InChI=1S/C38H78O18/c1-2-3-4-5-6-7-8-9-10-11-12-13-14-15-16-17-18-19-20-21-22-23-24-25-26-27-28-29-30-31-32-33-34-35-36-37-38-40-42-44-46-48-50-52-54-56-55-53-51-49-47-45-43-41-39/h39H,2-38H2,1H3. The van der Waals surface area contributed by atoms with Crippen LogP contribution in [-0.2, 0) is 85.5 Å². The van der Waals surface area contributed by atoms with Crippen molar-refractivity contribution in [2.75, 3.05) is 6.61 Å². The van der Waals surface area contributed by atoms with Crippen LogP contribution in [0.25, 0.3) is 0 Å². The molecule has 0 aromatic carbocycles. The maximum absolute atomic E-state index is 7.64. The van der Waals surface area contributed by atoms with Crippen LogP contribution in [0.5, 0.6) is 0 Å². The van der Waals surface area contributed by atoms with Gasteiger partial charge in [0.15, 0.2) is 0 Å². The third-order valence-corrected chi connectivity index (χ3v) is 9.55. The molecule has 0 aromatic rings. The van der Waals surface area contributed by atoms with Gasteiger partial charge in [0.2, 0.25) is 0 Å². The first-order valence-electron chi connectivity index (χ1n) is 21.8. The van der Waals surface area contributed by atoms with Crippen LogP contribution in [-0.4, -0.2) is 11.9 Å². The first kappa shape index (κ1) is 55.3. The first-order chi connectivity index (χ1) is 27.9. The molecule has 56 heavy (non-hydrogen) atoms. The lowest BCUT2D eigenvalue weighted by Gasteiger charge is -2.05. The van der Waals surface area contributed by atoms with Crippen LogP contribution in [0.2, 0.25) is 0 Å². The monoisotopic (exact) mass is 823 g/mol. The zero-order chi connectivity index (χ0) is 40.2. The smallest absolute Gasteiger partial charge is 0.0855 e. The summed E-state index contributed by atoms with van der Waals surface area (Å²) in [6.07, 6.45) is 49.8. The predicted molar refractivity (Wildman–Crippen MR) is 198 cm³/mol. The van der Waals surface area contributed by atoms with Gasteiger partial charge in [-0.05, 0) is 87.0 Å². The molecule has 0 aliphatic rings. The molecule has 0 bridgehead atoms. The molecule has 18 heteroatoms. The summed E-state index contributed by atoms with van der Waals surface area (Å²) >= 11 is 0. The Morgan fingerprint density at radius 2 is 0.393 bits per heavy atom. The summed E-state index contributed by atoms with van der Waals surface area (Å²) in [4.78, 5) is 4.73. The highest BCUT2D eigenvalue weighted by molar-refractivity contribution is 4.53. The minimum absolute atomic E-state index is 0.305. The first-order valence-corrected chi connectivity index (χ1v) is 21.8. The van der Waals surface area contributed by atoms with Gasteiger partial charge in [-0.15, -0.1) is 0 Å². The molecule has 0 rings (SSSR count). The molecule has 1 N–H and O–H groups in total. The summed E-state index contributed by atoms with van der Waals surface area (Å²) in [6.45, 7) is 2.60. The maximum atomic E-state index is 7.64. The molecule has 0 heterocycles. The van der Waals surface area contributed by atoms with Crippen molar-refractivity contribution in [1.29, 1.82) is 0 Å². The van der Waals surface area contributed by atoms with Gasteiger partial charge >= 0.3 is 0 Å². The molecular formula is C38H78O18. The number of hydrogen-bond donors (Lipinski definition) is 1. The maximum Gasteiger partial charge on any atom is 0.0855 e. The highest BCUT2D eigenvalue weighted by Gasteiger charge is 2.01. The molecular weight excluding hydrogens is 744 g/mol. The van der Waals surface area contributed by atoms with E-state index in [1.165, 1.54) is 212 Å². The Morgan fingerprint density at radius 3 is 0.607 bits per heavy atom. The molecule has 0 fully saturated rings. The Morgan fingerprint density at radius 1 is 0.214 bits per heavy atom. The highest BCUT2D eigenvalue weighted by atomic mass is 18.0. The van der Waals surface area contributed by atoms with E-state index in [1.54, 1.807) is 0 Å². The molecule has 0 aliphatic heterocycles. The van der Waals surface area contributed by atoms with Gasteiger partial charge in [0.25, 0.3) is 0 Å². The highest BCUT2D eigenvalue weighted by Crippen LogP contribution is 2.17. The van der Waals surface area contributed by atoms with E-state index < -0.39 is 0 Å². The largest absolute Gasteiger partial charge is 0.219 e. The number of hydrogen-bond acceptors (Lipinski definition) is 18. The molecule has 0 saturated carbocycles. The number of unbranched alkanes of at least 4 members (excludes halogenated alkanes) is 35. The van der Waals surface area contributed by atoms with Crippen LogP contribution >= 0.6 is 0 Å². The molecule has 0 amide bonds. The summed E-state index contributed by atoms with van der Waals surface area (Å²) in [5.74, 6) is 0. The Bertz CT molecular complexity index is 618. The fourth-order valence-electron chi connectivity index (χ4n) is 6.46. The van der Waals surface area contributed by atoms with E-state index in [-0.39, 0.29) is 0 Å². The summed E-state index contributed by atoms with van der Waals surface area (Å²) in [5.41, 5.74) is 0. The summed E-state index contributed by atoms with van der Waals surface area (Å²) in [7, 11) is 0. The van der Waals surface area contributed by atoms with E-state index in [4.69, 9.17) is 10.1 Å². The molecule has 0 aromatic heterocycles. The van der Waals surface area contributed by atoms with Gasteiger partial charge in [-0.25, -0.2) is 10.1 Å². The quantitative estimate of drug-likeness (QED) is 0.0347. The van der Waals surface area contributed by atoms with Crippen molar-refractivity contribution >= 4 is 0 Å². The van der Waals surface area contributed by atoms with Gasteiger partial charge in [0, 0.05) is 0 Å². The van der Waals surface area contributed by atoms with Crippen molar-refractivity contribution in [3.05, 3.63) is 0 Å². The van der Waals surface area contributed by atoms with Crippen LogP contribution in [0.15, 0.2) is 0 Å². The molecule has 0 atom stereocenters. The van der Waals surface area contributed by atoms with Gasteiger partial charge in [-0.2, -0.15) is 0 Å². The molecule has 0 aliphatic carbocycles. The van der Waals surface area contributed by atoms with E-state index in [9.17, 15) is 0 Å². The van der Waals surface area contributed by atoms with E-state index in [0.717, 1.165) is 19.3 Å². The van der Waals surface area contributed by atoms with E-state index in [0.29, 0.717) is 6.61 Å². The lowest BCUT2D eigenvalue weighted by atomic mass is 10.0. The molecule has 0 saturated heterocycles. The Hall–Kier alpha value is -0.720. The summed E-state index contributed by atoms with van der Waals surface area (Å²) in [5, 5.41) is 65.9. The fourth-order valence-corrected chi connectivity index (χ4v) is 6.46. The molecule has 338 valence electrons. The second-order valence-corrected chi connectivity index (χ2v) is 14.3. The summed E-state index contributed by atoms with van der Waals surface area (Å²) < 4.78 is 0. The Balaban J connectivity index is 3.05. The van der Waals surface area contributed by atoms with Crippen molar-refractivity contribution in [2.24, 2.45) is 0 Å². The SMILES string of the molecule is CCCCCCCCCCCCCCCCCCCCCCCCCCCCCCCCCCCCCCOOOOOOOOOOOOOOOOOO. The third-order valence-electron chi connectivity index (χ3n) is 9.55. The molecule has 0 spiro atoms. The lowest BCUT2D eigenvalue weighted by Crippen LogP contribution is -2.05. The second-order valence-electron chi connectivity index (χ2n) is 14.3. The zero-order valence-electron chi connectivity index (χ0n) is 34.6. The predicted octanol–water partition coefficient (Wildman–Crippen LogP) is 13.4. The van der Waals surface area contributed by atoms with Crippen LogP contribution < -0.4 is 0 Å². The average Bonchev–Trinajstić information content (AvgIpc) is 3.21. The Kier molecular flexibility index (Phi) is 53.6. The van der Waals surface area contributed by atoms with Crippen molar-refractivity contribution < 1.29 is 90.8 Å². The third kappa shape index (κ3) is 53.3. The van der Waals surface area contributed by atoms with Crippen LogP contribution in [0.3, 0.4) is 0 Å². The van der Waals surface area contributed by atoms with Gasteiger partial charge in [-0.1, -0.05) is 232 Å². The molecule has 0 unspecified atom stereocenters.